The van der Waals surface area contributed by atoms with E-state index in [1.807, 2.05) is 5.43 Å². The highest BCUT2D eigenvalue weighted by Gasteiger charge is 1.87. The van der Waals surface area contributed by atoms with E-state index in [0.29, 0.717) is 5.70 Å². The molecule has 0 saturated carbocycles. The fourth-order valence-corrected chi connectivity index (χ4v) is 0.248. The number of nitrogens with two attached hydrogens (primary N) is 2. The van der Waals surface area contributed by atoms with Crippen molar-refractivity contribution in [1.29, 1.82) is 0 Å². The minimum Gasteiger partial charge on any atom is -0.402 e. The van der Waals surface area contributed by atoms with Crippen molar-refractivity contribution in [3.05, 3.63) is 11.8 Å². The lowest BCUT2D eigenvalue weighted by Gasteiger charge is -1.89. The summed E-state index contributed by atoms with van der Waals surface area (Å²) in [4.78, 5) is 10.2. The first-order valence-electron chi connectivity index (χ1n) is 2.11. The van der Waals surface area contributed by atoms with E-state index < -0.39 is 0 Å². The Morgan fingerprint density at radius 2 is 2.25 bits per heavy atom. The van der Waals surface area contributed by atoms with E-state index in [4.69, 9.17) is 11.6 Å². The number of hydrazine groups is 1. The van der Waals surface area contributed by atoms with Gasteiger partial charge in [0.2, 0.25) is 0 Å². The molecule has 0 rings (SSSR count). The van der Waals surface area contributed by atoms with Gasteiger partial charge in [0.25, 0.3) is 5.91 Å². The molecule has 0 saturated heterocycles. The van der Waals surface area contributed by atoms with E-state index in [1.165, 1.54) is 6.08 Å². The molecule has 0 aliphatic rings. The molecule has 0 heterocycles. The molecule has 0 spiro atoms. The number of hydrogen-bond donors (Lipinski definition) is 3. The van der Waals surface area contributed by atoms with E-state index in [-0.39, 0.29) is 5.91 Å². The fourth-order valence-electron chi connectivity index (χ4n) is 0.248. The number of carbonyl (C=O) groups excluding carboxylic acids is 1. The normalized spacial score (nSPS) is 11.0. The molecule has 5 N–H and O–H groups in total. The van der Waals surface area contributed by atoms with Gasteiger partial charge in [-0.3, -0.25) is 10.2 Å². The van der Waals surface area contributed by atoms with Crippen molar-refractivity contribution in [2.24, 2.45) is 11.6 Å². The first-order chi connectivity index (χ1) is 3.66. The van der Waals surface area contributed by atoms with E-state index >= 15 is 0 Å². The molecule has 8 heavy (non-hydrogen) atoms. The van der Waals surface area contributed by atoms with E-state index in [1.54, 1.807) is 6.92 Å². The number of rotatable bonds is 1. The van der Waals surface area contributed by atoms with Gasteiger partial charge in [0.1, 0.15) is 0 Å². The molecule has 46 valence electrons. The highest BCUT2D eigenvalue weighted by atomic mass is 16.2. The average molecular weight is 115 g/mol. The third kappa shape index (κ3) is 3.17. The van der Waals surface area contributed by atoms with Crippen LogP contribution in [0, 0.1) is 0 Å². The van der Waals surface area contributed by atoms with E-state index in [9.17, 15) is 4.79 Å². The molecule has 0 aromatic rings. The van der Waals surface area contributed by atoms with Gasteiger partial charge in [0.05, 0.1) is 0 Å². The van der Waals surface area contributed by atoms with Crippen LogP contribution in [0.4, 0.5) is 0 Å². The summed E-state index contributed by atoms with van der Waals surface area (Å²) in [7, 11) is 0. The third-order valence-corrected chi connectivity index (χ3v) is 0.501. The zero-order valence-electron chi connectivity index (χ0n) is 4.64. The number of carbonyl (C=O) groups is 1. The predicted octanol–water partition coefficient (Wildman–Crippen LogP) is -1.16. The molecule has 1 amide bonds. The Balaban J connectivity index is 3.70. The van der Waals surface area contributed by atoms with Crippen LogP contribution in [0.2, 0.25) is 0 Å². The average Bonchev–Trinajstić information content (AvgIpc) is 1.65. The van der Waals surface area contributed by atoms with Gasteiger partial charge in [0.15, 0.2) is 0 Å². The predicted molar refractivity (Wildman–Crippen MR) is 30.3 cm³/mol. The Labute approximate surface area is 47.5 Å². The van der Waals surface area contributed by atoms with Crippen LogP contribution in [-0.2, 0) is 4.79 Å². The summed E-state index contributed by atoms with van der Waals surface area (Å²) < 4.78 is 0. The Morgan fingerprint density at radius 1 is 1.75 bits per heavy atom. The first-order valence-corrected chi connectivity index (χ1v) is 2.11. The number of hydrogen-bond acceptors (Lipinski definition) is 3. The summed E-state index contributed by atoms with van der Waals surface area (Å²) >= 11 is 0. The molecule has 0 fully saturated rings. The molecule has 4 heteroatoms. The van der Waals surface area contributed by atoms with Crippen molar-refractivity contribution < 1.29 is 4.79 Å². The Bertz CT molecular complexity index is 114. The number of allylic oxidation sites excluding steroid dienone is 1. The lowest BCUT2D eigenvalue weighted by Crippen LogP contribution is -2.28. The maximum absolute atomic E-state index is 10.2. The summed E-state index contributed by atoms with van der Waals surface area (Å²) in [5, 5.41) is 0. The van der Waals surface area contributed by atoms with Crippen LogP contribution in [0.1, 0.15) is 6.92 Å². The van der Waals surface area contributed by atoms with Crippen LogP contribution in [0.25, 0.3) is 0 Å². The van der Waals surface area contributed by atoms with Gasteiger partial charge in [-0.05, 0) is 6.92 Å². The van der Waals surface area contributed by atoms with Crippen LogP contribution in [0.15, 0.2) is 11.8 Å². The molecule has 4 nitrogen and oxygen atoms in total. The molecular formula is C4H9N3O. The maximum Gasteiger partial charge on any atom is 0.259 e. The summed E-state index contributed by atoms with van der Waals surface area (Å²) in [6, 6.07) is 0. The second kappa shape index (κ2) is 3.04. The quantitative estimate of drug-likeness (QED) is 0.174. The largest absolute Gasteiger partial charge is 0.402 e. The maximum atomic E-state index is 10.2. The summed E-state index contributed by atoms with van der Waals surface area (Å²) in [6.07, 6.45) is 1.21. The topological polar surface area (TPSA) is 81.1 Å². The van der Waals surface area contributed by atoms with Crippen LogP contribution in [0.5, 0.6) is 0 Å². The summed E-state index contributed by atoms with van der Waals surface area (Å²) in [6.45, 7) is 1.61. The monoisotopic (exact) mass is 115 g/mol. The van der Waals surface area contributed by atoms with Gasteiger partial charge in [-0.1, -0.05) is 0 Å². The van der Waals surface area contributed by atoms with Gasteiger partial charge in [-0.25, -0.2) is 5.84 Å². The summed E-state index contributed by atoms with van der Waals surface area (Å²) in [5.41, 5.74) is 7.45. The number of nitrogens with one attached hydrogen (secondary N) is 1. The van der Waals surface area contributed by atoms with Gasteiger partial charge >= 0.3 is 0 Å². The molecule has 0 atom stereocenters. The standard InChI is InChI=1S/C4H9N3O/c1-3(5)2-4(8)7-6/h2H,5-6H2,1H3,(H,7,8)/b3-2-. The van der Waals surface area contributed by atoms with Crippen molar-refractivity contribution in [1.82, 2.24) is 5.43 Å². The van der Waals surface area contributed by atoms with Crippen molar-refractivity contribution in [2.75, 3.05) is 0 Å². The molecule has 0 aromatic carbocycles. The molecular weight excluding hydrogens is 106 g/mol. The minimum absolute atomic E-state index is 0.384. The second-order valence-corrected chi connectivity index (χ2v) is 1.40. The molecule has 0 radical (unpaired) electrons. The van der Waals surface area contributed by atoms with Crippen LogP contribution in [0.3, 0.4) is 0 Å². The van der Waals surface area contributed by atoms with E-state index in [2.05, 4.69) is 0 Å². The van der Waals surface area contributed by atoms with Gasteiger partial charge < -0.3 is 5.73 Å². The zero-order chi connectivity index (χ0) is 6.57. The zero-order valence-corrected chi connectivity index (χ0v) is 4.64. The van der Waals surface area contributed by atoms with Gasteiger partial charge in [-0.2, -0.15) is 0 Å². The lowest BCUT2D eigenvalue weighted by molar-refractivity contribution is -0.116. The van der Waals surface area contributed by atoms with Gasteiger partial charge in [-0.15, -0.1) is 0 Å². The van der Waals surface area contributed by atoms with Crippen molar-refractivity contribution in [2.45, 2.75) is 6.92 Å². The smallest absolute Gasteiger partial charge is 0.259 e. The molecule has 0 unspecified atom stereocenters. The number of amides is 1. The van der Waals surface area contributed by atoms with Crippen molar-refractivity contribution in [3.63, 3.8) is 0 Å². The Kier molecular flexibility index (Phi) is 2.64. The second-order valence-electron chi connectivity index (χ2n) is 1.40. The minimum atomic E-state index is -0.384. The van der Waals surface area contributed by atoms with Gasteiger partial charge in [0, 0.05) is 11.8 Å². The summed E-state index contributed by atoms with van der Waals surface area (Å²) in [5.74, 6) is 4.34. The highest BCUT2D eigenvalue weighted by molar-refractivity contribution is 5.87. The van der Waals surface area contributed by atoms with Crippen molar-refractivity contribution >= 4 is 5.91 Å². The Morgan fingerprint density at radius 3 is 2.38 bits per heavy atom. The van der Waals surface area contributed by atoms with E-state index in [0.717, 1.165) is 0 Å². The SMILES string of the molecule is C/C(N)=C/C(=O)NN. The molecule has 0 aliphatic heterocycles. The first kappa shape index (κ1) is 6.97. The van der Waals surface area contributed by atoms with Crippen LogP contribution < -0.4 is 17.0 Å². The lowest BCUT2D eigenvalue weighted by atomic mass is 10.4. The highest BCUT2D eigenvalue weighted by Crippen LogP contribution is 1.75. The van der Waals surface area contributed by atoms with Crippen LogP contribution in [-0.4, -0.2) is 5.91 Å². The fraction of sp³-hybridized carbons (Fsp3) is 0.250. The molecule has 0 aromatic heterocycles. The molecule has 0 aliphatic carbocycles. The van der Waals surface area contributed by atoms with Crippen LogP contribution >= 0.6 is 0 Å². The Hall–Kier alpha value is -1.03. The molecule has 0 bridgehead atoms. The third-order valence-electron chi connectivity index (χ3n) is 0.501. The van der Waals surface area contributed by atoms with Crippen molar-refractivity contribution in [3.8, 4) is 0 Å².